The number of likely N-dealkylation sites (N-methyl/N-ethyl adjacent to an activating group) is 1. The molecule has 0 aliphatic carbocycles. The monoisotopic (exact) mass is 568 g/mol. The third-order valence-electron chi connectivity index (χ3n) is 7.21. The molecule has 0 saturated carbocycles. The number of nitrogen functional groups attached to an aromatic ring is 1. The topological polar surface area (TPSA) is 135 Å². The lowest BCUT2D eigenvalue weighted by atomic mass is 9.99. The Morgan fingerprint density at radius 1 is 1.24 bits per heavy atom. The van der Waals surface area contributed by atoms with Gasteiger partial charge in [-0.2, -0.15) is 10.4 Å². The molecule has 2 aromatic heterocycles. The predicted molar refractivity (Wildman–Crippen MR) is 158 cm³/mol. The first-order valence-electron chi connectivity index (χ1n) is 13.9. The number of nitrogens with two attached hydrogens (primary N) is 1. The molecule has 1 amide bonds. The van der Waals surface area contributed by atoms with E-state index in [1.807, 2.05) is 39.0 Å². The summed E-state index contributed by atoms with van der Waals surface area (Å²) < 4.78 is 23.0. The quantitative estimate of drug-likeness (QED) is 0.224. The number of hydrogen-bond acceptors (Lipinski definition) is 8. The second-order valence-electron chi connectivity index (χ2n) is 10.8. The van der Waals surface area contributed by atoms with Gasteiger partial charge in [0.2, 0.25) is 0 Å². The van der Waals surface area contributed by atoms with E-state index < -0.39 is 11.4 Å². The highest BCUT2D eigenvalue weighted by molar-refractivity contribution is 5.99. The van der Waals surface area contributed by atoms with E-state index in [0.717, 1.165) is 0 Å². The molecule has 0 unspecified atom stereocenters. The van der Waals surface area contributed by atoms with E-state index in [9.17, 15) is 10.1 Å². The molecule has 0 radical (unpaired) electrons. The van der Waals surface area contributed by atoms with Gasteiger partial charge < -0.3 is 20.7 Å². The Hall–Kier alpha value is -4.82. The summed E-state index contributed by atoms with van der Waals surface area (Å²) in [7, 11) is 0. The molecule has 3 N–H and O–H groups in total. The number of ether oxygens (including phenoxy) is 1. The van der Waals surface area contributed by atoms with Crippen LogP contribution in [0.25, 0.3) is 22.3 Å². The second kappa shape index (κ2) is 12.0. The number of piperidine rings is 1. The molecule has 216 valence electrons. The molecule has 3 heterocycles. The normalized spacial score (nSPS) is 15.9. The Morgan fingerprint density at radius 3 is 2.74 bits per heavy atom. The van der Waals surface area contributed by atoms with Gasteiger partial charge >= 0.3 is 0 Å². The largest absolute Gasteiger partial charge is 0.457 e. The number of carbonyl (C=O) groups excluding carboxylic acids is 1. The maximum absolute atomic E-state index is 15.5. The number of likely N-dealkylation sites (tertiary alicyclic amines) is 1. The summed E-state index contributed by atoms with van der Waals surface area (Å²) in [6, 6.07) is 15.5. The number of nitriles is 1. The molecular weight excluding hydrogens is 535 g/mol. The van der Waals surface area contributed by atoms with Gasteiger partial charge in [0.25, 0.3) is 5.91 Å². The SMILES string of the molecule is CCNC(C)(C)/C=C(/C#N)C(=O)N1CCC[C@H](n2nc(-c3ccc(Oc4ccccc4)cc3F)c3c(N)ncnc32)C1. The molecule has 0 bridgehead atoms. The first-order valence-corrected chi connectivity index (χ1v) is 13.9. The summed E-state index contributed by atoms with van der Waals surface area (Å²) in [5, 5.41) is 18.3. The van der Waals surface area contributed by atoms with Gasteiger partial charge in [0.15, 0.2) is 5.65 Å². The number of aromatic nitrogens is 4. The van der Waals surface area contributed by atoms with Crippen LogP contribution in [0.3, 0.4) is 0 Å². The fourth-order valence-corrected chi connectivity index (χ4v) is 5.33. The zero-order valence-corrected chi connectivity index (χ0v) is 23.8. The highest BCUT2D eigenvalue weighted by Crippen LogP contribution is 2.36. The van der Waals surface area contributed by atoms with Crippen LogP contribution >= 0.6 is 0 Å². The first-order chi connectivity index (χ1) is 20.2. The van der Waals surface area contributed by atoms with E-state index in [0.29, 0.717) is 60.7 Å². The lowest BCUT2D eigenvalue weighted by Gasteiger charge is -2.33. The van der Waals surface area contributed by atoms with Gasteiger partial charge in [-0.15, -0.1) is 0 Å². The van der Waals surface area contributed by atoms with Crippen molar-refractivity contribution in [1.82, 2.24) is 30.0 Å². The molecule has 4 aromatic rings. The highest BCUT2D eigenvalue weighted by Gasteiger charge is 2.31. The third-order valence-corrected chi connectivity index (χ3v) is 7.21. The smallest absolute Gasteiger partial charge is 0.264 e. The molecule has 42 heavy (non-hydrogen) atoms. The van der Waals surface area contributed by atoms with Crippen LogP contribution < -0.4 is 15.8 Å². The van der Waals surface area contributed by atoms with Crippen molar-refractivity contribution in [2.24, 2.45) is 0 Å². The van der Waals surface area contributed by atoms with Crippen molar-refractivity contribution in [3.05, 3.63) is 72.3 Å². The van der Waals surface area contributed by atoms with Gasteiger partial charge in [0.1, 0.15) is 46.8 Å². The molecule has 0 spiro atoms. The van der Waals surface area contributed by atoms with E-state index in [2.05, 4.69) is 21.4 Å². The van der Waals surface area contributed by atoms with Crippen LogP contribution in [-0.4, -0.2) is 55.7 Å². The zero-order chi connectivity index (χ0) is 29.9. The standard InChI is InChI=1S/C31H33FN8O2/c1-4-37-31(2,3)16-20(17-33)30(41)39-14-8-9-21(18-39)40-29-26(28(34)35-19-36-29)27(38-40)24-13-12-23(15-25(24)32)42-22-10-6-5-7-11-22/h5-7,10-13,15-16,19,21,37H,4,8-9,14,18H2,1-3H3,(H2,34,35,36)/b20-16-/t21-/m0/s1. The molecular formula is C31H33FN8O2. The van der Waals surface area contributed by atoms with Crippen LogP contribution in [0.4, 0.5) is 10.2 Å². The van der Waals surface area contributed by atoms with Crippen LogP contribution in [0.15, 0.2) is 66.5 Å². The maximum atomic E-state index is 15.5. The van der Waals surface area contributed by atoms with Crippen LogP contribution in [0, 0.1) is 17.1 Å². The van der Waals surface area contributed by atoms with Gasteiger partial charge in [-0.3, -0.25) is 4.79 Å². The van der Waals surface area contributed by atoms with Gasteiger partial charge in [-0.05, 0) is 63.6 Å². The Morgan fingerprint density at radius 2 is 2.02 bits per heavy atom. The fraction of sp³-hybridized carbons (Fsp3) is 0.323. The minimum atomic E-state index is -0.536. The summed E-state index contributed by atoms with van der Waals surface area (Å²) in [5.41, 5.74) is 6.82. The molecule has 1 fully saturated rings. The third kappa shape index (κ3) is 5.94. The molecule has 1 atom stereocenters. The van der Waals surface area contributed by atoms with E-state index in [1.54, 1.807) is 39.9 Å². The van der Waals surface area contributed by atoms with E-state index in [4.69, 9.17) is 15.6 Å². The average Bonchev–Trinajstić information content (AvgIpc) is 3.37. The van der Waals surface area contributed by atoms with E-state index >= 15 is 4.39 Å². The summed E-state index contributed by atoms with van der Waals surface area (Å²) in [6.45, 7) is 7.33. The second-order valence-corrected chi connectivity index (χ2v) is 10.8. The van der Waals surface area contributed by atoms with E-state index in [-0.39, 0.29) is 28.9 Å². The number of amides is 1. The Labute approximate surface area is 243 Å². The van der Waals surface area contributed by atoms with Gasteiger partial charge in [-0.1, -0.05) is 25.1 Å². The van der Waals surface area contributed by atoms with Crippen molar-refractivity contribution < 1.29 is 13.9 Å². The van der Waals surface area contributed by atoms with Gasteiger partial charge in [-0.25, -0.2) is 19.0 Å². The summed E-state index contributed by atoms with van der Waals surface area (Å²) in [6.07, 6.45) is 4.43. The van der Waals surface area contributed by atoms with Crippen molar-refractivity contribution in [3.63, 3.8) is 0 Å². The maximum Gasteiger partial charge on any atom is 0.264 e. The number of nitrogens with one attached hydrogen (secondary N) is 1. The molecule has 2 aromatic carbocycles. The van der Waals surface area contributed by atoms with Crippen molar-refractivity contribution in [2.75, 3.05) is 25.4 Å². The Balaban J connectivity index is 1.47. The number of hydrogen-bond donors (Lipinski definition) is 2. The Kier molecular flexibility index (Phi) is 8.17. The summed E-state index contributed by atoms with van der Waals surface area (Å²) >= 11 is 0. The first kappa shape index (κ1) is 28.7. The van der Waals surface area contributed by atoms with Crippen LogP contribution in [0.5, 0.6) is 11.5 Å². The average molecular weight is 569 g/mol. The van der Waals surface area contributed by atoms with Crippen molar-refractivity contribution in [2.45, 2.75) is 45.2 Å². The van der Waals surface area contributed by atoms with Crippen LogP contribution in [0.2, 0.25) is 0 Å². The van der Waals surface area contributed by atoms with Crippen LogP contribution in [-0.2, 0) is 4.79 Å². The minimum Gasteiger partial charge on any atom is -0.457 e. The number of fused-ring (bicyclic) bond motifs is 1. The number of nitrogens with zero attached hydrogens (tertiary/aromatic N) is 6. The number of anilines is 1. The number of benzene rings is 2. The number of para-hydroxylation sites is 1. The fourth-order valence-electron chi connectivity index (χ4n) is 5.33. The molecule has 10 nitrogen and oxygen atoms in total. The minimum absolute atomic E-state index is 0.0825. The summed E-state index contributed by atoms with van der Waals surface area (Å²) in [4.78, 5) is 23.7. The number of rotatable bonds is 8. The molecule has 1 aliphatic heterocycles. The number of halogens is 1. The molecule has 5 rings (SSSR count). The van der Waals surface area contributed by atoms with Crippen molar-refractivity contribution in [1.29, 1.82) is 5.26 Å². The van der Waals surface area contributed by atoms with Crippen molar-refractivity contribution >= 4 is 22.8 Å². The summed E-state index contributed by atoms with van der Waals surface area (Å²) in [5.74, 6) is 0.239. The van der Waals surface area contributed by atoms with Crippen LogP contribution in [0.1, 0.15) is 39.7 Å². The predicted octanol–water partition coefficient (Wildman–Crippen LogP) is 5.01. The van der Waals surface area contributed by atoms with E-state index in [1.165, 1.54) is 12.4 Å². The molecule has 1 aliphatic rings. The van der Waals surface area contributed by atoms with Gasteiger partial charge in [0, 0.05) is 30.3 Å². The lowest BCUT2D eigenvalue weighted by molar-refractivity contribution is -0.128. The van der Waals surface area contributed by atoms with Crippen molar-refractivity contribution in [3.8, 4) is 28.8 Å². The zero-order valence-electron chi connectivity index (χ0n) is 23.8. The van der Waals surface area contributed by atoms with Gasteiger partial charge in [0.05, 0.1) is 11.4 Å². The highest BCUT2D eigenvalue weighted by atomic mass is 19.1. The lowest BCUT2D eigenvalue weighted by Crippen LogP contribution is -2.43. The Bertz CT molecular complexity index is 1680. The molecule has 1 saturated heterocycles. The number of carbonyl (C=O) groups is 1. The molecule has 11 heteroatoms.